The molecule has 0 unspecified atom stereocenters. The number of rotatable bonds is 9. The zero-order chi connectivity index (χ0) is 30.2. The summed E-state index contributed by atoms with van der Waals surface area (Å²) in [7, 11) is 0. The molecule has 15 heteroatoms. The van der Waals surface area contributed by atoms with Crippen LogP contribution in [0.2, 0.25) is 0 Å². The number of aryl methyl sites for hydroxylation is 1. The Morgan fingerprint density at radius 3 is 2.59 bits per heavy atom. The number of nitriles is 1. The normalized spacial score (nSPS) is 10.9. The van der Waals surface area contributed by atoms with E-state index in [9.17, 15) is 22.8 Å². The number of alkyl halides is 3. The van der Waals surface area contributed by atoms with E-state index in [4.69, 9.17) is 11.0 Å². The number of carbonyl (C=O) groups excluding carboxylic acids is 2. The maximum atomic E-state index is 13.7. The molecular formula is C26H29F3N10O2. The third-order valence-corrected chi connectivity index (χ3v) is 5.58. The van der Waals surface area contributed by atoms with Crippen LogP contribution in [0.25, 0.3) is 16.9 Å². The lowest BCUT2D eigenvalue weighted by Crippen LogP contribution is -2.38. The van der Waals surface area contributed by atoms with Gasteiger partial charge in [-0.3, -0.25) is 18.7 Å². The fourth-order valence-corrected chi connectivity index (χ4v) is 3.84. The molecular weight excluding hydrogens is 541 g/mol. The summed E-state index contributed by atoms with van der Waals surface area (Å²) in [6.07, 6.45) is 0.546. The van der Waals surface area contributed by atoms with Crippen LogP contribution in [0, 0.1) is 18.3 Å². The summed E-state index contributed by atoms with van der Waals surface area (Å²) in [6.45, 7) is 5.77. The first kappa shape index (κ1) is 30.6. The minimum Gasteiger partial charge on any atom is -0.353 e. The first-order valence-corrected chi connectivity index (χ1v) is 12.6. The lowest BCUT2D eigenvalue weighted by atomic mass is 10.1. The number of aromatic nitrogens is 5. The Kier molecular flexibility index (Phi) is 9.99. The van der Waals surface area contributed by atoms with Crippen molar-refractivity contribution < 1.29 is 22.8 Å². The first-order valence-electron chi connectivity index (χ1n) is 12.6. The summed E-state index contributed by atoms with van der Waals surface area (Å²) in [5.74, 6) is -0.532. The number of imidazole rings is 1. The van der Waals surface area contributed by atoms with Crippen LogP contribution in [-0.2, 0) is 17.5 Å². The van der Waals surface area contributed by atoms with Crippen molar-refractivity contribution in [1.29, 1.82) is 5.26 Å². The van der Waals surface area contributed by atoms with Crippen LogP contribution >= 0.6 is 0 Å². The number of carbonyl (C=O) groups is 2. The minimum absolute atomic E-state index is 0.116. The lowest BCUT2D eigenvalue weighted by Gasteiger charge is -2.12. The van der Waals surface area contributed by atoms with E-state index in [-0.39, 0.29) is 48.3 Å². The lowest BCUT2D eigenvalue weighted by molar-refractivity contribution is -0.141. The van der Waals surface area contributed by atoms with Gasteiger partial charge >= 0.3 is 6.18 Å². The molecule has 0 radical (unpaired) electrons. The summed E-state index contributed by atoms with van der Waals surface area (Å²) in [4.78, 5) is 32.7. The molecule has 5 N–H and O–H groups in total. The van der Waals surface area contributed by atoms with Gasteiger partial charge in [-0.05, 0) is 30.7 Å². The highest BCUT2D eigenvalue weighted by molar-refractivity contribution is 5.98. The van der Waals surface area contributed by atoms with E-state index in [1.54, 1.807) is 31.2 Å². The molecule has 0 spiro atoms. The number of halogens is 3. The van der Waals surface area contributed by atoms with Gasteiger partial charge in [-0.1, -0.05) is 13.8 Å². The number of benzene rings is 1. The monoisotopic (exact) mass is 570 g/mol. The van der Waals surface area contributed by atoms with Gasteiger partial charge in [0, 0.05) is 42.9 Å². The number of nitrogens with zero attached hydrogens (tertiary/aromatic N) is 6. The molecule has 0 fully saturated rings. The second kappa shape index (κ2) is 13.4. The molecule has 3 aromatic heterocycles. The number of amides is 2. The second-order valence-corrected chi connectivity index (χ2v) is 8.33. The molecule has 0 aliphatic heterocycles. The summed E-state index contributed by atoms with van der Waals surface area (Å²) < 4.78 is 43.3. The van der Waals surface area contributed by atoms with Gasteiger partial charge in [0.2, 0.25) is 5.91 Å². The number of hydrogen-bond donors (Lipinski definition) is 4. The van der Waals surface area contributed by atoms with E-state index in [0.29, 0.717) is 23.4 Å². The molecule has 0 saturated heterocycles. The molecule has 0 saturated carbocycles. The van der Waals surface area contributed by atoms with Gasteiger partial charge in [0.1, 0.15) is 6.54 Å². The van der Waals surface area contributed by atoms with Crippen LogP contribution in [0.1, 0.15) is 35.5 Å². The molecule has 216 valence electrons. The van der Waals surface area contributed by atoms with Crippen molar-refractivity contribution in [2.24, 2.45) is 5.73 Å². The van der Waals surface area contributed by atoms with E-state index in [1.165, 1.54) is 23.0 Å². The highest BCUT2D eigenvalue weighted by Crippen LogP contribution is 2.36. The maximum absolute atomic E-state index is 13.7. The van der Waals surface area contributed by atoms with Crippen molar-refractivity contribution in [3.63, 3.8) is 0 Å². The van der Waals surface area contributed by atoms with E-state index in [1.807, 2.05) is 13.8 Å². The molecule has 1 aromatic carbocycles. The van der Waals surface area contributed by atoms with Gasteiger partial charge < -0.3 is 21.7 Å². The predicted molar refractivity (Wildman–Crippen MR) is 145 cm³/mol. The van der Waals surface area contributed by atoms with E-state index in [0.717, 1.165) is 10.9 Å². The Balaban J connectivity index is 0.00000226. The number of anilines is 2. The molecule has 4 aromatic rings. The SMILES string of the molecule is CC.Cc1cc(Nc2nccn3c(-c4cn(CC#N)nc4C(F)(F)F)cnc23)ccc1C(=O)NCC(=O)NCCN. The average Bonchev–Trinajstić information content (AvgIpc) is 3.57. The summed E-state index contributed by atoms with van der Waals surface area (Å²) in [5, 5.41) is 20.6. The smallest absolute Gasteiger partial charge is 0.353 e. The molecule has 12 nitrogen and oxygen atoms in total. The van der Waals surface area contributed by atoms with Gasteiger partial charge in [-0.2, -0.15) is 23.5 Å². The summed E-state index contributed by atoms with van der Waals surface area (Å²) in [5.41, 5.74) is 5.84. The number of nitrogens with two attached hydrogens (primary N) is 1. The first-order chi connectivity index (χ1) is 19.6. The van der Waals surface area contributed by atoms with Crippen molar-refractivity contribution >= 4 is 29.0 Å². The quantitative estimate of drug-likeness (QED) is 0.238. The van der Waals surface area contributed by atoms with E-state index >= 15 is 0 Å². The van der Waals surface area contributed by atoms with E-state index in [2.05, 4.69) is 31.0 Å². The molecule has 2 amide bonds. The van der Waals surface area contributed by atoms with Crippen molar-refractivity contribution in [2.75, 3.05) is 25.0 Å². The van der Waals surface area contributed by atoms with Gasteiger partial charge in [0.15, 0.2) is 17.2 Å². The van der Waals surface area contributed by atoms with Gasteiger partial charge in [0.05, 0.1) is 30.1 Å². The molecule has 0 aliphatic rings. The molecule has 0 aliphatic carbocycles. The fourth-order valence-electron chi connectivity index (χ4n) is 3.84. The standard InChI is InChI=1S/C24H23F3N10O2.C2H6/c1-14-10-15(2-3-16(14)23(39)33-12-19(38)30-6-4-28)34-21-22-32-11-18(37(22)9-7-31-21)17-13-36(8-5-29)35-20(17)24(25,26)27;1-2/h2-3,7,9-11,13H,4,6,8,12,28H2,1H3,(H,30,38)(H,31,34)(H,33,39);1-2H3. The highest BCUT2D eigenvalue weighted by atomic mass is 19.4. The zero-order valence-corrected chi connectivity index (χ0v) is 22.6. The molecule has 41 heavy (non-hydrogen) atoms. The Bertz CT molecular complexity index is 1570. The third kappa shape index (κ3) is 7.17. The van der Waals surface area contributed by atoms with Crippen LogP contribution in [0.4, 0.5) is 24.7 Å². The zero-order valence-electron chi connectivity index (χ0n) is 22.6. The molecule has 0 atom stereocenters. The van der Waals surface area contributed by atoms with Gasteiger partial charge in [0.25, 0.3) is 5.91 Å². The third-order valence-electron chi connectivity index (χ3n) is 5.58. The molecule has 4 rings (SSSR count). The fraction of sp³-hybridized carbons (Fsp3) is 0.308. The number of fused-ring (bicyclic) bond motifs is 1. The molecule has 3 heterocycles. The minimum atomic E-state index is -4.74. The van der Waals surface area contributed by atoms with Crippen LogP contribution in [0.15, 0.2) is 43.0 Å². The Hall–Kier alpha value is -4.97. The summed E-state index contributed by atoms with van der Waals surface area (Å²) >= 11 is 0. The van der Waals surface area contributed by atoms with Crippen LogP contribution in [0.5, 0.6) is 0 Å². The Morgan fingerprint density at radius 2 is 1.93 bits per heavy atom. The van der Waals surface area contributed by atoms with Crippen LogP contribution in [0.3, 0.4) is 0 Å². The van der Waals surface area contributed by atoms with Crippen molar-refractivity contribution in [2.45, 2.75) is 33.5 Å². The van der Waals surface area contributed by atoms with Crippen molar-refractivity contribution in [3.8, 4) is 17.3 Å². The van der Waals surface area contributed by atoms with Crippen molar-refractivity contribution in [3.05, 3.63) is 59.8 Å². The predicted octanol–water partition coefficient (Wildman–Crippen LogP) is 3.02. The number of nitrogens with one attached hydrogen (secondary N) is 3. The number of hydrogen-bond acceptors (Lipinski definition) is 8. The Morgan fingerprint density at radius 1 is 1.17 bits per heavy atom. The topological polar surface area (TPSA) is 168 Å². The van der Waals surface area contributed by atoms with Crippen molar-refractivity contribution in [1.82, 2.24) is 34.8 Å². The van der Waals surface area contributed by atoms with Crippen LogP contribution < -0.4 is 21.7 Å². The second-order valence-electron chi connectivity index (χ2n) is 8.33. The maximum Gasteiger partial charge on any atom is 0.435 e. The average molecular weight is 571 g/mol. The van der Waals surface area contributed by atoms with Crippen LogP contribution in [-0.4, -0.2) is 55.6 Å². The largest absolute Gasteiger partial charge is 0.435 e. The van der Waals surface area contributed by atoms with Gasteiger partial charge in [-0.25, -0.2) is 9.97 Å². The van der Waals surface area contributed by atoms with Gasteiger partial charge in [-0.15, -0.1) is 0 Å². The molecule has 0 bridgehead atoms. The Labute approximate surface area is 233 Å². The van der Waals surface area contributed by atoms with E-state index < -0.39 is 17.8 Å². The highest BCUT2D eigenvalue weighted by Gasteiger charge is 2.38. The summed E-state index contributed by atoms with van der Waals surface area (Å²) in [6, 6.07) is 6.65.